The minimum Gasteiger partial charge on any atom is -0.424 e. The van der Waals surface area contributed by atoms with Gasteiger partial charge in [0.25, 0.3) is 6.43 Å². The van der Waals surface area contributed by atoms with Gasteiger partial charge in [-0.2, -0.15) is 0 Å². The molecule has 0 bridgehead atoms. The molecule has 0 aliphatic rings. The maximum absolute atomic E-state index is 12.8. The van der Waals surface area contributed by atoms with Gasteiger partial charge in [0, 0.05) is 30.6 Å². The first kappa shape index (κ1) is 16.6. The number of imidazole rings is 1. The molecule has 0 amide bonds. The van der Waals surface area contributed by atoms with Crippen molar-refractivity contribution in [1.82, 2.24) is 24.3 Å². The van der Waals surface area contributed by atoms with E-state index < -0.39 is 6.43 Å². The van der Waals surface area contributed by atoms with Gasteiger partial charge in [0.05, 0.1) is 10.4 Å². The van der Waals surface area contributed by atoms with Crippen molar-refractivity contribution in [2.45, 2.75) is 19.9 Å². The first-order chi connectivity index (χ1) is 12.4. The number of nitrogens with zero attached hydrogens (tertiary/aromatic N) is 5. The first-order valence-electron chi connectivity index (χ1n) is 7.66. The van der Waals surface area contributed by atoms with Crippen LogP contribution in [0.4, 0.5) is 8.78 Å². The Morgan fingerprint density at radius 3 is 2.77 bits per heavy atom. The molecule has 4 aromatic heterocycles. The normalized spacial score (nSPS) is 11.7. The zero-order valence-electron chi connectivity index (χ0n) is 13.8. The summed E-state index contributed by atoms with van der Waals surface area (Å²) >= 11 is 1.00. The topological polar surface area (TPSA) is 78.7 Å². The van der Waals surface area contributed by atoms with Crippen LogP contribution in [-0.4, -0.2) is 24.3 Å². The van der Waals surface area contributed by atoms with Crippen LogP contribution in [0.5, 0.6) is 0 Å². The molecule has 0 atom stereocenters. The van der Waals surface area contributed by atoms with E-state index in [4.69, 9.17) is 4.42 Å². The Bertz CT molecular complexity index is 1160. The summed E-state index contributed by atoms with van der Waals surface area (Å²) in [5, 5.41) is 7.67. The number of aromatic nitrogens is 5. The van der Waals surface area contributed by atoms with Crippen molar-refractivity contribution in [2.24, 2.45) is 7.05 Å². The molecule has 0 aliphatic carbocycles. The Hall–Kier alpha value is -2.88. The monoisotopic (exact) mass is 377 g/mol. The summed E-state index contributed by atoms with van der Waals surface area (Å²) < 4.78 is 33.9. The van der Waals surface area contributed by atoms with Crippen LogP contribution in [-0.2, 0) is 13.6 Å². The molecular weight excluding hydrogens is 364 g/mol. The number of hydrogen-bond acceptors (Lipinski definition) is 6. The lowest BCUT2D eigenvalue weighted by atomic mass is 10.2. The van der Waals surface area contributed by atoms with Crippen molar-refractivity contribution < 1.29 is 13.2 Å². The molecule has 4 heterocycles. The van der Waals surface area contributed by atoms with Gasteiger partial charge < -0.3 is 4.42 Å². The van der Waals surface area contributed by atoms with E-state index in [-0.39, 0.29) is 17.1 Å². The van der Waals surface area contributed by atoms with E-state index in [1.807, 2.05) is 0 Å². The SMILES string of the molecule is Cc1nnc(Cn2c(=O)n(C)c3ncc(-c4ccc(C(F)F)s4)cc32)o1. The van der Waals surface area contributed by atoms with Crippen LogP contribution in [0.25, 0.3) is 21.6 Å². The molecule has 26 heavy (non-hydrogen) atoms. The summed E-state index contributed by atoms with van der Waals surface area (Å²) in [6, 6.07) is 4.78. The van der Waals surface area contributed by atoms with Crippen molar-refractivity contribution in [3.05, 3.63) is 51.5 Å². The molecule has 10 heteroatoms. The van der Waals surface area contributed by atoms with Crippen LogP contribution in [0.15, 0.2) is 33.6 Å². The van der Waals surface area contributed by atoms with Gasteiger partial charge in [-0.3, -0.25) is 9.13 Å². The maximum atomic E-state index is 12.8. The molecule has 0 N–H and O–H groups in total. The molecule has 0 aliphatic heterocycles. The number of rotatable bonds is 4. The summed E-state index contributed by atoms with van der Waals surface area (Å²) in [5.41, 5.74) is 1.44. The van der Waals surface area contributed by atoms with E-state index in [0.717, 1.165) is 11.3 Å². The van der Waals surface area contributed by atoms with Crippen LogP contribution < -0.4 is 5.69 Å². The van der Waals surface area contributed by atoms with Crippen molar-refractivity contribution in [3.8, 4) is 10.4 Å². The molecule has 4 aromatic rings. The standard InChI is InChI=1S/C16H13F2N5O2S/c1-8-20-21-13(25-8)7-23-10-5-9(6-19-15(10)22(2)16(23)24)11-3-4-12(26-11)14(17)18/h3-6,14H,7H2,1-2H3. The van der Waals surface area contributed by atoms with E-state index in [1.54, 1.807) is 32.3 Å². The van der Waals surface area contributed by atoms with Gasteiger partial charge in [-0.15, -0.1) is 21.5 Å². The zero-order chi connectivity index (χ0) is 18.4. The predicted molar refractivity (Wildman–Crippen MR) is 91.4 cm³/mol. The van der Waals surface area contributed by atoms with E-state index in [9.17, 15) is 13.6 Å². The van der Waals surface area contributed by atoms with Crippen LogP contribution in [0, 0.1) is 6.92 Å². The van der Waals surface area contributed by atoms with Gasteiger partial charge in [0.1, 0.15) is 6.54 Å². The van der Waals surface area contributed by atoms with Crippen molar-refractivity contribution in [3.63, 3.8) is 0 Å². The average molecular weight is 377 g/mol. The number of alkyl halides is 2. The van der Waals surface area contributed by atoms with Crippen LogP contribution in [0.1, 0.15) is 23.1 Å². The molecule has 0 unspecified atom stereocenters. The molecule has 4 rings (SSSR count). The minimum atomic E-state index is -2.51. The Labute approximate surface area is 149 Å². The number of hydrogen-bond donors (Lipinski definition) is 0. The summed E-state index contributed by atoms with van der Waals surface area (Å²) in [7, 11) is 1.62. The third-order valence-electron chi connectivity index (χ3n) is 3.96. The number of halogens is 2. The Morgan fingerprint density at radius 2 is 2.12 bits per heavy atom. The van der Waals surface area contributed by atoms with E-state index in [0.29, 0.717) is 33.4 Å². The summed E-state index contributed by atoms with van der Waals surface area (Å²) in [5.74, 6) is 0.712. The second-order valence-electron chi connectivity index (χ2n) is 5.71. The lowest BCUT2D eigenvalue weighted by molar-refractivity contribution is 0.155. The van der Waals surface area contributed by atoms with Crippen molar-refractivity contribution in [1.29, 1.82) is 0 Å². The van der Waals surface area contributed by atoms with Crippen molar-refractivity contribution >= 4 is 22.5 Å². The highest BCUT2D eigenvalue weighted by Crippen LogP contribution is 2.34. The molecule has 134 valence electrons. The Balaban J connectivity index is 1.83. The van der Waals surface area contributed by atoms with Crippen molar-refractivity contribution in [2.75, 3.05) is 0 Å². The van der Waals surface area contributed by atoms with Gasteiger partial charge in [-0.25, -0.2) is 18.6 Å². The smallest absolute Gasteiger partial charge is 0.330 e. The maximum Gasteiger partial charge on any atom is 0.330 e. The first-order valence-corrected chi connectivity index (χ1v) is 8.48. The highest BCUT2D eigenvalue weighted by atomic mass is 32.1. The van der Waals surface area contributed by atoms with Gasteiger partial charge in [0.15, 0.2) is 5.65 Å². The largest absolute Gasteiger partial charge is 0.424 e. The summed E-state index contributed by atoms with van der Waals surface area (Å²) in [6.07, 6.45) is -0.939. The van der Waals surface area contributed by atoms with E-state index in [1.165, 1.54) is 15.2 Å². The third kappa shape index (κ3) is 2.71. The fourth-order valence-electron chi connectivity index (χ4n) is 2.73. The Kier molecular flexibility index (Phi) is 3.91. The third-order valence-corrected chi connectivity index (χ3v) is 5.10. The second kappa shape index (κ2) is 6.13. The average Bonchev–Trinajstić information content (AvgIpc) is 3.31. The van der Waals surface area contributed by atoms with Gasteiger partial charge in [0.2, 0.25) is 11.8 Å². The summed E-state index contributed by atoms with van der Waals surface area (Å²) in [4.78, 5) is 17.5. The lowest BCUT2D eigenvalue weighted by Crippen LogP contribution is -2.22. The van der Waals surface area contributed by atoms with Gasteiger partial charge in [-0.1, -0.05) is 0 Å². The van der Waals surface area contributed by atoms with Gasteiger partial charge in [-0.05, 0) is 18.2 Å². The fourth-order valence-corrected chi connectivity index (χ4v) is 3.57. The molecule has 0 radical (unpaired) electrons. The van der Waals surface area contributed by atoms with Crippen LogP contribution >= 0.6 is 11.3 Å². The lowest BCUT2D eigenvalue weighted by Gasteiger charge is -2.01. The van der Waals surface area contributed by atoms with Crippen LogP contribution in [0.2, 0.25) is 0 Å². The highest BCUT2D eigenvalue weighted by Gasteiger charge is 2.17. The molecule has 0 spiro atoms. The summed E-state index contributed by atoms with van der Waals surface area (Å²) in [6.45, 7) is 1.77. The number of pyridine rings is 1. The molecule has 0 saturated heterocycles. The molecule has 0 saturated carbocycles. The highest BCUT2D eigenvalue weighted by molar-refractivity contribution is 7.15. The van der Waals surface area contributed by atoms with E-state index in [2.05, 4.69) is 15.2 Å². The zero-order valence-corrected chi connectivity index (χ0v) is 14.6. The minimum absolute atomic E-state index is 0.00751. The molecular formula is C16H13F2N5O2S. The number of thiophene rings is 1. The number of fused-ring (bicyclic) bond motifs is 1. The molecule has 0 fully saturated rings. The quantitative estimate of drug-likeness (QED) is 0.546. The fraction of sp³-hybridized carbons (Fsp3) is 0.250. The second-order valence-corrected chi connectivity index (χ2v) is 6.83. The predicted octanol–water partition coefficient (Wildman–Crippen LogP) is 3.14. The van der Waals surface area contributed by atoms with Gasteiger partial charge >= 0.3 is 5.69 Å². The molecule has 0 aromatic carbocycles. The van der Waals surface area contributed by atoms with E-state index >= 15 is 0 Å². The molecule has 7 nitrogen and oxygen atoms in total. The Morgan fingerprint density at radius 1 is 1.31 bits per heavy atom. The van der Waals surface area contributed by atoms with Crippen LogP contribution in [0.3, 0.4) is 0 Å². The number of aryl methyl sites for hydroxylation is 2.